The molecule has 0 aliphatic rings. The Bertz CT molecular complexity index is 1190. The van der Waals surface area contributed by atoms with E-state index in [1.54, 1.807) is 17.0 Å². The topological polar surface area (TPSA) is 58.6 Å². The van der Waals surface area contributed by atoms with Gasteiger partial charge in [-0.05, 0) is 66.3 Å². The fourth-order valence-electron chi connectivity index (χ4n) is 4.06. The summed E-state index contributed by atoms with van der Waals surface area (Å²) in [5.74, 6) is 0.376. The molecule has 1 N–H and O–H groups in total. The first kappa shape index (κ1) is 28.5. The summed E-state index contributed by atoms with van der Waals surface area (Å²) in [6, 6.07) is 20.0. The first-order valence-corrected chi connectivity index (χ1v) is 13.1. The van der Waals surface area contributed by atoms with Crippen molar-refractivity contribution in [2.45, 2.75) is 46.7 Å². The molecule has 37 heavy (non-hydrogen) atoms. The minimum atomic E-state index is -0.744. The van der Waals surface area contributed by atoms with E-state index in [1.807, 2.05) is 82.3 Å². The van der Waals surface area contributed by atoms with Crippen LogP contribution in [0.2, 0.25) is 10.0 Å². The number of hydrogen-bond acceptors (Lipinski definition) is 3. The van der Waals surface area contributed by atoms with E-state index in [0.29, 0.717) is 28.8 Å². The molecule has 0 bridgehead atoms. The van der Waals surface area contributed by atoms with Gasteiger partial charge in [0.05, 0.1) is 10.0 Å². The van der Waals surface area contributed by atoms with Gasteiger partial charge in [0.2, 0.25) is 5.91 Å². The van der Waals surface area contributed by atoms with Gasteiger partial charge in [-0.3, -0.25) is 9.59 Å². The molecule has 0 unspecified atom stereocenters. The van der Waals surface area contributed by atoms with E-state index in [9.17, 15) is 9.59 Å². The Labute approximate surface area is 229 Å². The Balaban J connectivity index is 1.93. The first-order valence-electron chi connectivity index (χ1n) is 12.4. The Morgan fingerprint density at radius 3 is 2.19 bits per heavy atom. The summed E-state index contributed by atoms with van der Waals surface area (Å²) in [6.07, 6.45) is 0.362. The molecule has 0 saturated heterocycles. The third kappa shape index (κ3) is 8.80. The van der Waals surface area contributed by atoms with Crippen molar-refractivity contribution in [1.29, 1.82) is 0 Å². The Hall–Kier alpha value is -3.02. The normalized spacial score (nSPS) is 11.8. The zero-order valence-electron chi connectivity index (χ0n) is 21.8. The van der Waals surface area contributed by atoms with Gasteiger partial charge < -0.3 is 15.0 Å². The molecule has 3 aromatic carbocycles. The van der Waals surface area contributed by atoms with E-state index in [2.05, 4.69) is 5.32 Å². The zero-order valence-corrected chi connectivity index (χ0v) is 23.3. The van der Waals surface area contributed by atoms with Gasteiger partial charge in [-0.15, -0.1) is 0 Å². The molecule has 0 aliphatic heterocycles. The van der Waals surface area contributed by atoms with Crippen molar-refractivity contribution in [3.05, 3.63) is 99.0 Å². The van der Waals surface area contributed by atoms with Gasteiger partial charge in [0.1, 0.15) is 11.8 Å². The van der Waals surface area contributed by atoms with Crippen LogP contribution in [-0.4, -0.2) is 35.9 Å². The molecule has 2 amide bonds. The molecule has 0 aliphatic carbocycles. The Kier molecular flexibility index (Phi) is 10.4. The number of ether oxygens (including phenoxy) is 1. The van der Waals surface area contributed by atoms with Crippen LogP contribution in [0, 0.1) is 19.8 Å². The maximum absolute atomic E-state index is 13.7. The lowest BCUT2D eigenvalue weighted by molar-refractivity contribution is -0.142. The van der Waals surface area contributed by atoms with Crippen molar-refractivity contribution in [3.63, 3.8) is 0 Å². The van der Waals surface area contributed by atoms with Crippen molar-refractivity contribution < 1.29 is 14.3 Å². The van der Waals surface area contributed by atoms with Crippen LogP contribution in [0.4, 0.5) is 0 Å². The fraction of sp³-hybridized carbons (Fsp3) is 0.333. The number of carbonyl (C=O) groups excluding carboxylic acids is 2. The largest absolute Gasteiger partial charge is 0.484 e. The molecule has 3 aromatic rings. The number of nitrogens with one attached hydrogen (secondary N) is 1. The number of aryl methyl sites for hydroxylation is 2. The molecule has 0 fully saturated rings. The number of amides is 2. The molecule has 0 spiro atoms. The number of carbonyl (C=O) groups is 2. The van der Waals surface area contributed by atoms with Crippen molar-refractivity contribution >= 4 is 35.0 Å². The third-order valence-corrected chi connectivity index (χ3v) is 6.59. The molecule has 7 heteroatoms. The predicted octanol–water partition coefficient (Wildman–Crippen LogP) is 6.40. The molecule has 0 aromatic heterocycles. The predicted molar refractivity (Wildman–Crippen MR) is 150 cm³/mol. The monoisotopic (exact) mass is 540 g/mol. The second-order valence-corrected chi connectivity index (χ2v) is 10.5. The van der Waals surface area contributed by atoms with Crippen molar-refractivity contribution in [1.82, 2.24) is 10.2 Å². The van der Waals surface area contributed by atoms with Gasteiger partial charge in [-0.1, -0.05) is 79.5 Å². The van der Waals surface area contributed by atoms with Gasteiger partial charge in [-0.25, -0.2) is 0 Å². The second kappa shape index (κ2) is 13.5. The average molecular weight is 542 g/mol. The number of hydrogen-bond donors (Lipinski definition) is 1. The fourth-order valence-corrected chi connectivity index (χ4v) is 4.38. The van der Waals surface area contributed by atoms with E-state index in [4.69, 9.17) is 27.9 Å². The summed E-state index contributed by atoms with van der Waals surface area (Å²) in [5.41, 5.74) is 3.81. The summed E-state index contributed by atoms with van der Waals surface area (Å²) in [5, 5.41) is 3.83. The van der Waals surface area contributed by atoms with Crippen LogP contribution in [0.1, 0.15) is 36.1 Å². The lowest BCUT2D eigenvalue weighted by Gasteiger charge is -2.32. The average Bonchev–Trinajstić information content (AvgIpc) is 2.85. The quantitative estimate of drug-likeness (QED) is 0.306. The van der Waals surface area contributed by atoms with Crippen molar-refractivity contribution in [2.24, 2.45) is 5.92 Å². The molecule has 3 rings (SSSR count). The molecule has 1 atom stereocenters. The summed E-state index contributed by atoms with van der Waals surface area (Å²) < 4.78 is 5.90. The summed E-state index contributed by atoms with van der Waals surface area (Å²) >= 11 is 12.4. The van der Waals surface area contributed by atoms with Gasteiger partial charge in [0.15, 0.2) is 6.61 Å². The van der Waals surface area contributed by atoms with E-state index in [0.717, 1.165) is 22.3 Å². The summed E-state index contributed by atoms with van der Waals surface area (Å²) in [4.78, 5) is 28.7. The van der Waals surface area contributed by atoms with Crippen LogP contribution >= 0.6 is 23.2 Å². The van der Waals surface area contributed by atoms with E-state index < -0.39 is 6.04 Å². The van der Waals surface area contributed by atoms with Crippen LogP contribution in [0.25, 0.3) is 0 Å². The highest BCUT2D eigenvalue weighted by molar-refractivity contribution is 6.42. The van der Waals surface area contributed by atoms with Crippen LogP contribution in [0.3, 0.4) is 0 Å². The van der Waals surface area contributed by atoms with Gasteiger partial charge in [-0.2, -0.15) is 0 Å². The molecular weight excluding hydrogens is 507 g/mol. The highest BCUT2D eigenvalue weighted by atomic mass is 35.5. The van der Waals surface area contributed by atoms with Crippen LogP contribution < -0.4 is 10.1 Å². The van der Waals surface area contributed by atoms with Crippen LogP contribution in [0.5, 0.6) is 5.75 Å². The molecule has 196 valence electrons. The van der Waals surface area contributed by atoms with Crippen LogP contribution in [-0.2, 0) is 22.6 Å². The number of benzene rings is 3. The third-order valence-electron chi connectivity index (χ3n) is 5.85. The summed E-state index contributed by atoms with van der Waals surface area (Å²) in [6.45, 7) is 8.51. The summed E-state index contributed by atoms with van der Waals surface area (Å²) in [7, 11) is 0. The van der Waals surface area contributed by atoms with Crippen LogP contribution in [0.15, 0.2) is 66.7 Å². The van der Waals surface area contributed by atoms with Gasteiger partial charge in [0.25, 0.3) is 5.91 Å². The zero-order chi connectivity index (χ0) is 26.9. The SMILES string of the molecule is Cc1cc(C)cc(OCC(=O)N(Cc2ccc(Cl)c(Cl)c2)[C@H](Cc2ccccc2)C(=O)NCC(C)C)c1. The number of halogens is 2. The van der Waals surface area contributed by atoms with E-state index >= 15 is 0 Å². The second-order valence-electron chi connectivity index (χ2n) is 9.73. The van der Waals surface area contributed by atoms with Gasteiger partial charge >= 0.3 is 0 Å². The molecule has 5 nitrogen and oxygen atoms in total. The van der Waals surface area contributed by atoms with E-state index in [-0.39, 0.29) is 30.9 Å². The molecule has 0 heterocycles. The smallest absolute Gasteiger partial charge is 0.261 e. The van der Waals surface area contributed by atoms with Gasteiger partial charge in [0, 0.05) is 19.5 Å². The molecule has 0 saturated carbocycles. The lowest BCUT2D eigenvalue weighted by atomic mass is 10.0. The molecular formula is C30H34Cl2N2O3. The lowest BCUT2D eigenvalue weighted by Crippen LogP contribution is -2.52. The maximum Gasteiger partial charge on any atom is 0.261 e. The van der Waals surface area contributed by atoms with Crippen molar-refractivity contribution in [3.8, 4) is 5.75 Å². The minimum Gasteiger partial charge on any atom is -0.484 e. The minimum absolute atomic E-state index is 0.179. The molecule has 0 radical (unpaired) electrons. The highest BCUT2D eigenvalue weighted by Crippen LogP contribution is 2.24. The number of rotatable bonds is 11. The Morgan fingerprint density at radius 1 is 0.892 bits per heavy atom. The number of nitrogens with zero attached hydrogens (tertiary/aromatic N) is 1. The van der Waals surface area contributed by atoms with Crippen molar-refractivity contribution in [2.75, 3.05) is 13.2 Å². The highest BCUT2D eigenvalue weighted by Gasteiger charge is 2.31. The standard InChI is InChI=1S/C30H34Cl2N2O3/c1-20(2)17-33-30(36)28(16-23-8-6-5-7-9-23)34(18-24-10-11-26(31)27(32)15-24)29(35)19-37-25-13-21(3)12-22(4)14-25/h5-15,20,28H,16-19H2,1-4H3,(H,33,36)/t28-/m1/s1. The van der Waals surface area contributed by atoms with E-state index in [1.165, 1.54) is 0 Å². The first-order chi connectivity index (χ1) is 17.6. The maximum atomic E-state index is 13.7. The Morgan fingerprint density at radius 2 is 1.57 bits per heavy atom.